The fraction of sp³-hybridized carbons (Fsp3) is 0.588. The van der Waals surface area contributed by atoms with E-state index >= 15 is 0 Å². The van der Waals surface area contributed by atoms with Gasteiger partial charge in [0.2, 0.25) is 5.90 Å². The molecule has 0 saturated carbocycles. The molecular weight excluding hydrogens is 297 g/mol. The first-order valence-electron chi connectivity index (χ1n) is 7.61. The van der Waals surface area contributed by atoms with Gasteiger partial charge in [0, 0.05) is 0 Å². The first-order chi connectivity index (χ1) is 10.3. The van der Waals surface area contributed by atoms with Crippen molar-refractivity contribution in [1.82, 2.24) is 0 Å². The second-order valence-corrected chi connectivity index (χ2v) is 8.07. The molecule has 2 rings (SSSR count). The highest BCUT2D eigenvalue weighted by Gasteiger charge is 2.23. The maximum Gasteiger partial charge on any atom is 0.343 e. The molecule has 1 aromatic rings. The van der Waals surface area contributed by atoms with Crippen molar-refractivity contribution >= 4 is 20.1 Å². The lowest BCUT2D eigenvalue weighted by atomic mass is 9.95. The zero-order chi connectivity index (χ0) is 16.3. The van der Waals surface area contributed by atoms with E-state index in [1.807, 2.05) is 12.1 Å². The third-order valence-electron chi connectivity index (χ3n) is 3.55. The van der Waals surface area contributed by atoms with Crippen molar-refractivity contribution in [3.63, 3.8) is 0 Å². The molecule has 0 radical (unpaired) electrons. The first kappa shape index (κ1) is 17.0. The molecule has 120 valence electrons. The Bertz CT molecular complexity index is 576. The van der Waals surface area contributed by atoms with E-state index in [2.05, 4.69) is 45.7 Å². The molecule has 4 nitrogen and oxygen atoms in total. The summed E-state index contributed by atoms with van der Waals surface area (Å²) in [4.78, 5) is 16.6. The van der Waals surface area contributed by atoms with E-state index in [1.165, 1.54) is 5.30 Å². The van der Waals surface area contributed by atoms with E-state index in [-0.39, 0.29) is 24.0 Å². The molecule has 0 amide bonds. The van der Waals surface area contributed by atoms with Crippen LogP contribution in [-0.4, -0.2) is 31.1 Å². The molecule has 0 aliphatic carbocycles. The van der Waals surface area contributed by atoms with E-state index in [0.717, 1.165) is 8.19 Å². The average Bonchev–Trinajstić information content (AvgIpc) is 2.93. The van der Waals surface area contributed by atoms with Crippen LogP contribution in [-0.2, 0) is 14.9 Å². The molecule has 0 fully saturated rings. The van der Waals surface area contributed by atoms with Crippen LogP contribution in [0.5, 0.6) is 0 Å². The lowest BCUT2D eigenvalue weighted by Gasteiger charge is -2.18. The molecule has 0 bridgehead atoms. The quantitative estimate of drug-likeness (QED) is 0.782. The van der Waals surface area contributed by atoms with Gasteiger partial charge in [0.05, 0.1) is 11.3 Å². The van der Waals surface area contributed by atoms with Gasteiger partial charge in [-0.2, -0.15) is 0 Å². The van der Waals surface area contributed by atoms with Crippen molar-refractivity contribution in [2.45, 2.75) is 46.1 Å². The third kappa shape index (κ3) is 4.30. The SMILES string of the molecule is CC(C)[C@H]1COC(COC(=O)c2cccc(C(C)(C)C)p2)=N1. The Morgan fingerprint density at radius 2 is 2.18 bits per heavy atom. The highest BCUT2D eigenvalue weighted by molar-refractivity contribution is 7.33. The summed E-state index contributed by atoms with van der Waals surface area (Å²) in [6.07, 6.45) is 0. The van der Waals surface area contributed by atoms with Gasteiger partial charge in [0.25, 0.3) is 0 Å². The summed E-state index contributed by atoms with van der Waals surface area (Å²) in [5.41, 5.74) is 0.0426. The van der Waals surface area contributed by atoms with Crippen LogP contribution in [0.3, 0.4) is 0 Å². The molecule has 0 aromatic carbocycles. The molecule has 1 atom stereocenters. The van der Waals surface area contributed by atoms with E-state index in [1.54, 1.807) is 0 Å². The summed E-state index contributed by atoms with van der Waals surface area (Å²) in [7, 11) is 0.917. The number of carbonyl (C=O) groups excluding carboxylic acids is 1. The van der Waals surface area contributed by atoms with Crippen molar-refractivity contribution in [2.24, 2.45) is 10.9 Å². The fourth-order valence-electron chi connectivity index (χ4n) is 2.03. The number of carbonyl (C=O) groups is 1. The highest BCUT2D eigenvalue weighted by atomic mass is 31.0. The molecule has 0 unspecified atom stereocenters. The number of esters is 1. The van der Waals surface area contributed by atoms with E-state index in [4.69, 9.17) is 9.47 Å². The van der Waals surface area contributed by atoms with Crippen LogP contribution in [0, 0.1) is 5.92 Å². The predicted octanol–water partition coefficient (Wildman–Crippen LogP) is 4.17. The molecule has 22 heavy (non-hydrogen) atoms. The smallest absolute Gasteiger partial charge is 0.343 e. The molecule has 2 heterocycles. The molecule has 0 saturated heterocycles. The monoisotopic (exact) mass is 321 g/mol. The van der Waals surface area contributed by atoms with Crippen LogP contribution in [0.4, 0.5) is 0 Å². The van der Waals surface area contributed by atoms with Gasteiger partial charge in [0.1, 0.15) is 6.61 Å². The topological polar surface area (TPSA) is 47.9 Å². The van der Waals surface area contributed by atoms with Crippen molar-refractivity contribution < 1.29 is 14.3 Å². The van der Waals surface area contributed by atoms with Crippen LogP contribution >= 0.6 is 8.19 Å². The van der Waals surface area contributed by atoms with Gasteiger partial charge in [-0.25, -0.2) is 9.79 Å². The van der Waals surface area contributed by atoms with Gasteiger partial charge in [-0.15, -0.1) is 0 Å². The lowest BCUT2D eigenvalue weighted by Crippen LogP contribution is -2.14. The maximum atomic E-state index is 12.2. The average molecular weight is 321 g/mol. The molecule has 0 N–H and O–H groups in total. The van der Waals surface area contributed by atoms with Crippen LogP contribution in [0.25, 0.3) is 0 Å². The van der Waals surface area contributed by atoms with Gasteiger partial charge in [0.15, 0.2) is 6.61 Å². The van der Waals surface area contributed by atoms with E-state index in [9.17, 15) is 4.79 Å². The molecule has 1 aromatic heterocycles. The minimum atomic E-state index is -0.299. The summed E-state index contributed by atoms with van der Waals surface area (Å²) < 4.78 is 10.8. The summed E-state index contributed by atoms with van der Waals surface area (Å²) in [6.45, 7) is 11.3. The molecule has 0 spiro atoms. The second kappa shape index (κ2) is 6.78. The number of ether oxygens (including phenoxy) is 2. The number of hydrogen-bond acceptors (Lipinski definition) is 4. The van der Waals surface area contributed by atoms with Gasteiger partial charge in [-0.1, -0.05) is 54.9 Å². The Kier molecular flexibility index (Phi) is 5.23. The zero-order valence-corrected chi connectivity index (χ0v) is 14.8. The second-order valence-electron chi connectivity index (χ2n) is 6.88. The predicted molar refractivity (Wildman–Crippen MR) is 90.0 cm³/mol. The van der Waals surface area contributed by atoms with Crippen molar-refractivity contribution in [3.8, 4) is 0 Å². The Labute approximate surface area is 134 Å². The first-order valence-corrected chi connectivity index (χ1v) is 8.51. The largest absolute Gasteiger partial charge is 0.476 e. The van der Waals surface area contributed by atoms with E-state index in [0.29, 0.717) is 23.7 Å². The minimum Gasteiger partial charge on any atom is -0.476 e. The number of nitrogens with zero attached hydrogens (tertiary/aromatic N) is 1. The minimum absolute atomic E-state index is 0.0426. The number of hydrogen-bond donors (Lipinski definition) is 0. The Balaban J connectivity index is 1.97. The number of rotatable bonds is 4. The lowest BCUT2D eigenvalue weighted by molar-refractivity contribution is 0.0551. The zero-order valence-electron chi connectivity index (χ0n) is 13.9. The van der Waals surface area contributed by atoms with Crippen molar-refractivity contribution in [1.29, 1.82) is 0 Å². The summed E-state index contributed by atoms with van der Waals surface area (Å²) in [6, 6.07) is 5.96. The van der Waals surface area contributed by atoms with Gasteiger partial charge in [-0.05, 0) is 22.7 Å². The molecular formula is C17H24NO3P. The molecule has 1 aliphatic heterocycles. The van der Waals surface area contributed by atoms with Crippen LogP contribution in [0.2, 0.25) is 0 Å². The van der Waals surface area contributed by atoms with Gasteiger partial charge < -0.3 is 9.47 Å². The standard InChI is InChI=1S/C17H24NO3P/c1-11(2)12-9-20-15(18-12)10-21-16(19)13-7-6-8-14(22-13)17(3,4)5/h6-8,11-12H,9-10H2,1-5H3/t12-/m1/s1. The van der Waals surface area contributed by atoms with E-state index < -0.39 is 0 Å². The molecule has 5 heteroatoms. The summed E-state index contributed by atoms with van der Waals surface area (Å²) >= 11 is 0. The normalized spacial score (nSPS) is 18.5. The maximum absolute atomic E-state index is 12.2. The van der Waals surface area contributed by atoms with Crippen molar-refractivity contribution in [3.05, 3.63) is 28.8 Å². The Morgan fingerprint density at radius 1 is 1.45 bits per heavy atom. The summed E-state index contributed by atoms with van der Waals surface area (Å²) in [5, 5.41) is 1.86. The molecule has 1 aliphatic rings. The van der Waals surface area contributed by atoms with Gasteiger partial charge in [-0.3, -0.25) is 0 Å². The highest BCUT2D eigenvalue weighted by Crippen LogP contribution is 2.31. The van der Waals surface area contributed by atoms with Crippen LogP contribution in [0.1, 0.15) is 50.0 Å². The Morgan fingerprint density at radius 3 is 2.77 bits per heavy atom. The number of aliphatic imine (C=N–C) groups is 1. The Hall–Kier alpha value is -1.41. The fourth-order valence-corrected chi connectivity index (χ4v) is 3.10. The van der Waals surface area contributed by atoms with Crippen LogP contribution < -0.4 is 0 Å². The van der Waals surface area contributed by atoms with Crippen molar-refractivity contribution in [2.75, 3.05) is 13.2 Å². The summed E-state index contributed by atoms with van der Waals surface area (Å²) in [5.74, 6) is 0.657. The third-order valence-corrected chi connectivity index (χ3v) is 5.19. The van der Waals surface area contributed by atoms with Gasteiger partial charge >= 0.3 is 5.97 Å². The van der Waals surface area contributed by atoms with Crippen LogP contribution in [0.15, 0.2) is 23.2 Å².